The Morgan fingerprint density at radius 2 is 2.04 bits per heavy atom. The molecule has 0 bridgehead atoms. The van der Waals surface area contributed by atoms with Gasteiger partial charge >= 0.3 is 0 Å². The number of nitrogens with zero attached hydrogens (tertiary/aromatic N) is 2. The second-order valence-corrected chi connectivity index (χ2v) is 7.98. The molecule has 0 N–H and O–H groups in total. The van der Waals surface area contributed by atoms with Crippen LogP contribution < -0.4 is 4.80 Å². The van der Waals surface area contributed by atoms with E-state index in [1.54, 1.807) is 30.0 Å². The fraction of sp³-hybridized carbons (Fsp3) is 0.176. The average molecular weight is 425 g/mol. The third-order valence-corrected chi connectivity index (χ3v) is 5.61. The van der Waals surface area contributed by atoms with E-state index in [1.807, 2.05) is 23.0 Å². The minimum absolute atomic E-state index is 0.286. The number of hydrogen-bond donors (Lipinski definition) is 0. The zero-order chi connectivity index (χ0) is 17.1. The number of carbonyl (C=O) groups excluding carboxylic acids is 1. The van der Waals surface area contributed by atoms with Gasteiger partial charge in [0.25, 0.3) is 5.91 Å². The largest absolute Gasteiger partial charge is 0.316 e. The molecule has 0 aliphatic rings. The van der Waals surface area contributed by atoms with E-state index in [0.29, 0.717) is 10.4 Å². The van der Waals surface area contributed by atoms with E-state index in [9.17, 15) is 9.18 Å². The van der Waals surface area contributed by atoms with Crippen molar-refractivity contribution in [2.75, 3.05) is 12.0 Å². The maximum Gasteiger partial charge on any atom is 0.279 e. The third kappa shape index (κ3) is 3.79. The highest BCUT2D eigenvalue weighted by atomic mass is 79.9. The summed E-state index contributed by atoms with van der Waals surface area (Å²) < 4.78 is 17.2. The summed E-state index contributed by atoms with van der Waals surface area (Å²) >= 11 is 6.40. The molecular weight excluding hydrogens is 411 g/mol. The van der Waals surface area contributed by atoms with Gasteiger partial charge in [-0.3, -0.25) is 4.79 Å². The van der Waals surface area contributed by atoms with Crippen molar-refractivity contribution in [1.29, 1.82) is 0 Å². The zero-order valence-electron chi connectivity index (χ0n) is 12.8. The van der Waals surface area contributed by atoms with Crippen molar-refractivity contribution < 1.29 is 9.18 Å². The number of amides is 1. The minimum Gasteiger partial charge on any atom is -0.316 e. The van der Waals surface area contributed by atoms with Crippen molar-refractivity contribution in [3.8, 4) is 0 Å². The lowest BCUT2D eigenvalue weighted by Gasteiger charge is -2.03. The summed E-state index contributed by atoms with van der Waals surface area (Å²) in [6, 6.07) is 11.7. The predicted molar refractivity (Wildman–Crippen MR) is 102 cm³/mol. The summed E-state index contributed by atoms with van der Waals surface area (Å²) in [6.45, 7) is 0.721. The Labute approximate surface area is 155 Å². The van der Waals surface area contributed by atoms with Crippen molar-refractivity contribution in [2.24, 2.45) is 4.99 Å². The van der Waals surface area contributed by atoms with Crippen molar-refractivity contribution in [3.63, 3.8) is 0 Å². The Morgan fingerprint density at radius 1 is 1.29 bits per heavy atom. The standard InChI is InChI=1S/C17H14BrFN2OS2/c1-23-9-8-21-14-7-6-13(19)10-15(14)24-17(21)20-16(22)11-2-4-12(18)5-3-11/h2-7,10H,8-9H2,1H3. The van der Waals surface area contributed by atoms with E-state index in [1.165, 1.54) is 23.5 Å². The third-order valence-electron chi connectivity index (χ3n) is 3.45. The van der Waals surface area contributed by atoms with Gasteiger partial charge in [0.05, 0.1) is 10.2 Å². The number of hydrogen-bond acceptors (Lipinski definition) is 3. The molecule has 0 fully saturated rings. The Balaban J connectivity index is 2.09. The quantitative estimate of drug-likeness (QED) is 0.607. The first-order valence-electron chi connectivity index (χ1n) is 7.21. The molecule has 1 amide bonds. The summed E-state index contributed by atoms with van der Waals surface area (Å²) in [5.41, 5.74) is 1.43. The molecule has 3 aromatic rings. The zero-order valence-corrected chi connectivity index (χ0v) is 16.0. The molecule has 0 aliphatic carbocycles. The second-order valence-electron chi connectivity index (χ2n) is 5.06. The molecule has 0 radical (unpaired) electrons. The van der Waals surface area contributed by atoms with Gasteiger partial charge in [0.15, 0.2) is 4.80 Å². The van der Waals surface area contributed by atoms with Crippen LogP contribution in [0.5, 0.6) is 0 Å². The van der Waals surface area contributed by atoms with Gasteiger partial charge < -0.3 is 4.57 Å². The number of aryl methyl sites for hydroxylation is 1. The molecule has 0 spiro atoms. The highest BCUT2D eigenvalue weighted by Crippen LogP contribution is 2.19. The smallest absolute Gasteiger partial charge is 0.279 e. The SMILES string of the molecule is CSCCn1c(=NC(=O)c2ccc(Br)cc2)sc2cc(F)ccc21. The van der Waals surface area contributed by atoms with Gasteiger partial charge in [-0.25, -0.2) is 4.39 Å². The maximum absolute atomic E-state index is 13.5. The Hall–Kier alpha value is -1.44. The minimum atomic E-state index is -0.299. The van der Waals surface area contributed by atoms with E-state index < -0.39 is 0 Å². The number of rotatable bonds is 4. The van der Waals surface area contributed by atoms with Crippen LogP contribution in [0.25, 0.3) is 10.2 Å². The first-order valence-corrected chi connectivity index (χ1v) is 10.2. The molecule has 0 unspecified atom stereocenters. The summed E-state index contributed by atoms with van der Waals surface area (Å²) in [6.07, 6.45) is 2.03. The average Bonchev–Trinajstić information content (AvgIpc) is 2.89. The molecule has 124 valence electrons. The molecule has 0 saturated heterocycles. The fourth-order valence-electron chi connectivity index (χ4n) is 2.27. The second kappa shape index (κ2) is 7.63. The van der Waals surface area contributed by atoms with Crippen LogP contribution in [-0.2, 0) is 6.54 Å². The summed E-state index contributed by atoms with van der Waals surface area (Å²) in [5.74, 6) is 0.307. The number of carbonyl (C=O) groups is 1. The Bertz CT molecular complexity index is 947. The first kappa shape index (κ1) is 17.4. The maximum atomic E-state index is 13.5. The molecule has 0 atom stereocenters. The van der Waals surface area contributed by atoms with Gasteiger partial charge in [0.2, 0.25) is 0 Å². The number of halogens is 2. The number of aromatic nitrogens is 1. The lowest BCUT2D eigenvalue weighted by atomic mass is 10.2. The molecule has 0 saturated carbocycles. The molecular formula is C17H14BrFN2OS2. The van der Waals surface area contributed by atoms with Crippen LogP contribution in [0.4, 0.5) is 4.39 Å². The molecule has 3 nitrogen and oxygen atoms in total. The fourth-order valence-corrected chi connectivity index (χ4v) is 3.98. The number of thioether (sulfide) groups is 1. The summed E-state index contributed by atoms with van der Waals surface area (Å²) in [5, 5.41) is 0. The first-order chi connectivity index (χ1) is 11.6. The number of benzene rings is 2. The van der Waals surface area contributed by atoms with E-state index in [2.05, 4.69) is 20.9 Å². The monoisotopic (exact) mass is 424 g/mol. The lowest BCUT2D eigenvalue weighted by Crippen LogP contribution is -2.18. The van der Waals surface area contributed by atoms with Crippen LogP contribution in [0.15, 0.2) is 51.9 Å². The van der Waals surface area contributed by atoms with Crippen LogP contribution in [0.2, 0.25) is 0 Å². The van der Waals surface area contributed by atoms with Gasteiger partial charge in [0.1, 0.15) is 5.82 Å². The molecule has 24 heavy (non-hydrogen) atoms. The molecule has 0 aliphatic heterocycles. The van der Waals surface area contributed by atoms with Crippen LogP contribution in [0, 0.1) is 5.82 Å². The van der Waals surface area contributed by atoms with Gasteiger partial charge in [0, 0.05) is 22.3 Å². The number of thiazole rings is 1. The number of fused-ring (bicyclic) bond motifs is 1. The molecule has 1 aromatic heterocycles. The Kier molecular flexibility index (Phi) is 5.53. The van der Waals surface area contributed by atoms with Crippen molar-refractivity contribution in [1.82, 2.24) is 4.57 Å². The highest BCUT2D eigenvalue weighted by Gasteiger charge is 2.10. The van der Waals surface area contributed by atoms with Crippen LogP contribution in [-0.4, -0.2) is 22.5 Å². The van der Waals surface area contributed by atoms with Crippen LogP contribution in [0.3, 0.4) is 0 Å². The molecule has 1 heterocycles. The predicted octanol–water partition coefficient (Wildman–Crippen LogP) is 4.71. The van der Waals surface area contributed by atoms with Crippen molar-refractivity contribution in [3.05, 3.63) is 63.1 Å². The normalized spacial score (nSPS) is 12.0. The highest BCUT2D eigenvalue weighted by molar-refractivity contribution is 9.10. The van der Waals surface area contributed by atoms with Gasteiger partial charge in [-0.2, -0.15) is 16.8 Å². The Morgan fingerprint density at radius 3 is 2.75 bits per heavy atom. The van der Waals surface area contributed by atoms with E-state index in [4.69, 9.17) is 0 Å². The van der Waals surface area contributed by atoms with Gasteiger partial charge in [-0.1, -0.05) is 27.3 Å². The van der Waals surface area contributed by atoms with Crippen LogP contribution >= 0.6 is 39.0 Å². The summed E-state index contributed by atoms with van der Waals surface area (Å²) in [4.78, 5) is 17.3. The topological polar surface area (TPSA) is 34.4 Å². The summed E-state index contributed by atoms with van der Waals surface area (Å²) in [7, 11) is 0. The lowest BCUT2D eigenvalue weighted by molar-refractivity contribution is 0.0998. The van der Waals surface area contributed by atoms with Gasteiger partial charge in [-0.05, 0) is 48.7 Å². The van der Waals surface area contributed by atoms with E-state index >= 15 is 0 Å². The van der Waals surface area contributed by atoms with Crippen molar-refractivity contribution in [2.45, 2.75) is 6.54 Å². The molecule has 3 rings (SSSR count). The molecule has 2 aromatic carbocycles. The molecule has 7 heteroatoms. The van der Waals surface area contributed by atoms with E-state index in [0.717, 1.165) is 27.0 Å². The van der Waals surface area contributed by atoms with E-state index in [-0.39, 0.29) is 11.7 Å². The van der Waals surface area contributed by atoms with Crippen LogP contribution in [0.1, 0.15) is 10.4 Å². The van der Waals surface area contributed by atoms with Gasteiger partial charge in [-0.15, -0.1) is 0 Å². The van der Waals surface area contributed by atoms with Crippen molar-refractivity contribution >= 4 is 55.2 Å².